The van der Waals surface area contributed by atoms with Crippen LogP contribution < -0.4 is 16.0 Å². The van der Waals surface area contributed by atoms with Crippen LogP contribution in [0.5, 0.6) is 0 Å². The molecule has 0 saturated carbocycles. The van der Waals surface area contributed by atoms with Crippen LogP contribution in [-0.2, 0) is 6.54 Å². The van der Waals surface area contributed by atoms with Gasteiger partial charge in [-0.1, -0.05) is 23.7 Å². The summed E-state index contributed by atoms with van der Waals surface area (Å²) in [5, 5.41) is 5.35. The lowest BCUT2D eigenvalue weighted by atomic mass is 10.1. The van der Waals surface area contributed by atoms with Crippen molar-refractivity contribution in [1.29, 1.82) is 0 Å². The van der Waals surface area contributed by atoms with Crippen molar-refractivity contribution in [3.8, 4) is 0 Å². The number of nitrogens with one attached hydrogen (secondary N) is 1. The maximum atomic E-state index is 13.0. The van der Waals surface area contributed by atoms with Crippen molar-refractivity contribution in [2.24, 2.45) is 0 Å². The highest BCUT2D eigenvalue weighted by atomic mass is 35.5. The molecule has 7 nitrogen and oxygen atoms in total. The second kappa shape index (κ2) is 8.85. The zero-order valence-electron chi connectivity index (χ0n) is 16.9. The highest BCUT2D eigenvalue weighted by Gasteiger charge is 2.21. The van der Waals surface area contributed by atoms with Gasteiger partial charge < -0.3 is 20.9 Å². The topological polar surface area (TPSA) is 87.4 Å². The van der Waals surface area contributed by atoms with Crippen LogP contribution in [0.15, 0.2) is 42.7 Å². The maximum Gasteiger partial charge on any atom is 0.255 e. The Hall–Kier alpha value is -2.90. The molecule has 1 aliphatic rings. The number of likely N-dealkylation sites (N-methyl/N-ethyl adjacent to an activating group) is 1. The number of carbonyl (C=O) groups excluding carboxylic acids is 1. The molecule has 1 saturated heterocycles. The molecule has 3 heterocycles. The maximum absolute atomic E-state index is 13.0. The lowest BCUT2D eigenvalue weighted by molar-refractivity contribution is 0.0951. The highest BCUT2D eigenvalue weighted by Crippen LogP contribution is 2.23. The summed E-state index contributed by atoms with van der Waals surface area (Å²) in [6.45, 7) is 4.05. The fraction of sp³-hybridized carbons (Fsp3) is 0.318. The van der Waals surface area contributed by atoms with Crippen LogP contribution in [0.4, 0.5) is 11.6 Å². The number of anilines is 2. The minimum atomic E-state index is -0.188. The minimum Gasteiger partial charge on any atom is -0.383 e. The standard InChI is InChI=1S/C22H25ClN6O/c1-28-7-2-8-29(10-9-28)21-19(12-17(23)14-26-21)22(30)27-13-15-3-4-18-16(11-15)5-6-25-20(18)24/h3-6,11-12,14H,2,7-10,13H2,1H3,(H2,24,25)(H,27,30). The van der Waals surface area contributed by atoms with E-state index >= 15 is 0 Å². The quantitative estimate of drug-likeness (QED) is 0.669. The first-order valence-electron chi connectivity index (χ1n) is 10.0. The van der Waals surface area contributed by atoms with E-state index in [4.69, 9.17) is 17.3 Å². The summed E-state index contributed by atoms with van der Waals surface area (Å²) >= 11 is 6.17. The molecule has 3 N–H and O–H groups in total. The summed E-state index contributed by atoms with van der Waals surface area (Å²) in [5.74, 6) is 0.998. The number of nitrogens with two attached hydrogens (primary N) is 1. The summed E-state index contributed by atoms with van der Waals surface area (Å²) in [6.07, 6.45) is 4.31. The Morgan fingerprint density at radius 3 is 2.90 bits per heavy atom. The third-order valence-corrected chi connectivity index (χ3v) is 5.62. The molecule has 1 aromatic carbocycles. The average Bonchev–Trinajstić information content (AvgIpc) is 2.96. The van der Waals surface area contributed by atoms with Crippen LogP contribution in [0.3, 0.4) is 0 Å². The van der Waals surface area contributed by atoms with Crippen LogP contribution in [0.25, 0.3) is 10.8 Å². The van der Waals surface area contributed by atoms with E-state index in [-0.39, 0.29) is 5.91 Å². The number of nitrogens with zero attached hydrogens (tertiary/aromatic N) is 4. The van der Waals surface area contributed by atoms with Gasteiger partial charge in [0.05, 0.1) is 10.6 Å². The van der Waals surface area contributed by atoms with Crippen molar-refractivity contribution in [1.82, 2.24) is 20.2 Å². The number of benzene rings is 1. The van der Waals surface area contributed by atoms with Crippen LogP contribution in [0.2, 0.25) is 5.02 Å². The molecule has 0 spiro atoms. The lowest BCUT2D eigenvalue weighted by Crippen LogP contribution is -2.32. The number of amides is 1. The molecular weight excluding hydrogens is 400 g/mol. The summed E-state index contributed by atoms with van der Waals surface area (Å²) in [4.78, 5) is 26.1. The van der Waals surface area contributed by atoms with Crippen molar-refractivity contribution in [3.05, 3.63) is 58.9 Å². The molecule has 2 aromatic heterocycles. The molecule has 3 aromatic rings. The minimum absolute atomic E-state index is 0.188. The predicted molar refractivity (Wildman–Crippen MR) is 121 cm³/mol. The largest absolute Gasteiger partial charge is 0.383 e. The van der Waals surface area contributed by atoms with E-state index in [1.54, 1.807) is 18.5 Å². The fourth-order valence-corrected chi connectivity index (χ4v) is 3.91. The average molecular weight is 425 g/mol. The van der Waals surface area contributed by atoms with Crippen LogP contribution in [-0.4, -0.2) is 54.0 Å². The fourth-order valence-electron chi connectivity index (χ4n) is 3.75. The molecule has 8 heteroatoms. The Morgan fingerprint density at radius 1 is 1.17 bits per heavy atom. The number of halogens is 1. The zero-order chi connectivity index (χ0) is 21.1. The van der Waals surface area contributed by atoms with Gasteiger partial charge in [-0.2, -0.15) is 0 Å². The van der Waals surface area contributed by atoms with E-state index in [0.29, 0.717) is 28.8 Å². The first-order valence-corrected chi connectivity index (χ1v) is 10.4. The normalized spacial score (nSPS) is 15.2. The molecule has 1 fully saturated rings. The first-order chi connectivity index (χ1) is 14.5. The SMILES string of the molecule is CN1CCCN(c2ncc(Cl)cc2C(=O)NCc2ccc3c(N)nccc3c2)CC1. The van der Waals surface area contributed by atoms with Crippen LogP contribution >= 0.6 is 11.6 Å². The van der Waals surface area contributed by atoms with Crippen molar-refractivity contribution in [3.63, 3.8) is 0 Å². The van der Waals surface area contributed by atoms with Gasteiger partial charge in [0.25, 0.3) is 5.91 Å². The molecule has 4 rings (SSSR count). The predicted octanol–water partition coefficient (Wildman–Crippen LogP) is 2.94. The van der Waals surface area contributed by atoms with E-state index in [1.165, 1.54) is 0 Å². The molecule has 1 amide bonds. The van der Waals surface area contributed by atoms with Gasteiger partial charge in [-0.25, -0.2) is 9.97 Å². The number of hydrogen-bond donors (Lipinski definition) is 2. The van der Waals surface area contributed by atoms with Crippen molar-refractivity contribution in [2.75, 3.05) is 43.9 Å². The Morgan fingerprint density at radius 2 is 2.03 bits per heavy atom. The van der Waals surface area contributed by atoms with E-state index in [1.807, 2.05) is 24.3 Å². The number of nitrogen functional groups attached to an aromatic ring is 1. The summed E-state index contributed by atoms with van der Waals surface area (Å²) < 4.78 is 0. The zero-order valence-corrected chi connectivity index (χ0v) is 17.7. The third-order valence-electron chi connectivity index (χ3n) is 5.41. The number of pyridine rings is 2. The number of carbonyl (C=O) groups is 1. The van der Waals surface area contributed by atoms with E-state index < -0.39 is 0 Å². The molecule has 0 radical (unpaired) electrons. The Bertz CT molecular complexity index is 1070. The molecule has 0 aliphatic carbocycles. The smallest absolute Gasteiger partial charge is 0.255 e. The lowest BCUT2D eigenvalue weighted by Gasteiger charge is -2.24. The van der Waals surface area contributed by atoms with Gasteiger partial charge in [-0.05, 0) is 49.2 Å². The number of hydrogen-bond acceptors (Lipinski definition) is 6. The van der Waals surface area contributed by atoms with E-state index in [2.05, 4.69) is 32.1 Å². The van der Waals surface area contributed by atoms with Gasteiger partial charge in [0.2, 0.25) is 0 Å². The molecule has 0 atom stereocenters. The second-order valence-corrected chi connectivity index (χ2v) is 8.04. The molecule has 156 valence electrons. The first kappa shape index (κ1) is 20.4. The van der Waals surface area contributed by atoms with Gasteiger partial charge in [0.1, 0.15) is 11.6 Å². The second-order valence-electron chi connectivity index (χ2n) is 7.60. The molecule has 0 bridgehead atoms. The number of aromatic nitrogens is 2. The Labute approximate surface area is 180 Å². The third kappa shape index (κ3) is 4.47. The molecular formula is C22H25ClN6O. The van der Waals surface area contributed by atoms with Gasteiger partial charge in [0.15, 0.2) is 0 Å². The van der Waals surface area contributed by atoms with Crippen LogP contribution in [0.1, 0.15) is 22.3 Å². The number of rotatable bonds is 4. The monoisotopic (exact) mass is 424 g/mol. The highest BCUT2D eigenvalue weighted by molar-refractivity contribution is 6.31. The van der Waals surface area contributed by atoms with Crippen molar-refractivity contribution in [2.45, 2.75) is 13.0 Å². The molecule has 30 heavy (non-hydrogen) atoms. The Kier molecular flexibility index (Phi) is 6.01. The van der Waals surface area contributed by atoms with Crippen LogP contribution in [0, 0.1) is 0 Å². The molecule has 1 aliphatic heterocycles. The Balaban J connectivity index is 1.52. The van der Waals surface area contributed by atoms with Gasteiger partial charge >= 0.3 is 0 Å². The summed E-state index contributed by atoms with van der Waals surface area (Å²) in [5.41, 5.74) is 7.40. The molecule has 0 unspecified atom stereocenters. The van der Waals surface area contributed by atoms with Gasteiger partial charge in [-0.3, -0.25) is 4.79 Å². The van der Waals surface area contributed by atoms with Gasteiger partial charge in [0, 0.05) is 44.0 Å². The van der Waals surface area contributed by atoms with Gasteiger partial charge in [-0.15, -0.1) is 0 Å². The summed E-state index contributed by atoms with van der Waals surface area (Å²) in [6, 6.07) is 9.49. The van der Waals surface area contributed by atoms with E-state index in [0.717, 1.165) is 48.9 Å². The van der Waals surface area contributed by atoms with Crippen molar-refractivity contribution < 1.29 is 4.79 Å². The van der Waals surface area contributed by atoms with Crippen molar-refractivity contribution >= 4 is 39.9 Å². The summed E-state index contributed by atoms with van der Waals surface area (Å²) in [7, 11) is 2.11. The number of fused-ring (bicyclic) bond motifs is 1. The van der Waals surface area contributed by atoms with E-state index in [9.17, 15) is 4.79 Å².